The molecular weight excluding hydrogens is 554 g/mol. The SMILES string of the molecule is Cc1c(C#N)cccc1[C@@H](C)Nc1nnc(C)c2cnc(N3CCC(C(=O)C4CCN(C(=O)OC(C)(C)C)CC4)CC3)cc12. The molecule has 10 nitrogen and oxygen atoms in total. The van der Waals surface area contributed by atoms with E-state index in [1.807, 2.05) is 59.0 Å². The van der Waals surface area contributed by atoms with Crippen LogP contribution in [0.1, 0.15) is 81.8 Å². The average molecular weight is 598 g/mol. The molecule has 2 aliphatic heterocycles. The minimum absolute atomic E-state index is 0.00121. The van der Waals surface area contributed by atoms with Gasteiger partial charge in [-0.05, 0) is 90.5 Å². The Labute approximate surface area is 259 Å². The Morgan fingerprint density at radius 2 is 1.68 bits per heavy atom. The van der Waals surface area contributed by atoms with Crippen molar-refractivity contribution in [2.24, 2.45) is 11.8 Å². The predicted molar refractivity (Wildman–Crippen MR) is 170 cm³/mol. The standard InChI is InChI=1S/C34H43N7O3/c1-21-26(19-35)8-7-9-27(21)22(2)37-32-28-18-30(36-20-29(28)23(3)38-39-32)40-14-10-24(11-15-40)31(42)25-12-16-41(17-13-25)33(43)44-34(4,5)6/h7-9,18,20,22,24-25H,10-17H2,1-6H3,(H,37,39)/t22-/m1/s1. The van der Waals surface area contributed by atoms with Crippen molar-refractivity contribution in [1.82, 2.24) is 20.1 Å². The molecule has 0 aliphatic carbocycles. The maximum Gasteiger partial charge on any atom is 0.410 e. The summed E-state index contributed by atoms with van der Waals surface area (Å²) in [6.45, 7) is 14.2. The summed E-state index contributed by atoms with van der Waals surface area (Å²) in [6.07, 6.45) is 4.53. The number of nitrogens with one attached hydrogen (secondary N) is 1. The maximum absolute atomic E-state index is 13.4. The molecule has 4 heterocycles. The number of aryl methyl sites for hydroxylation is 1. The lowest BCUT2D eigenvalue weighted by Crippen LogP contribution is -2.45. The number of piperidine rings is 2. The van der Waals surface area contributed by atoms with E-state index in [9.17, 15) is 14.9 Å². The molecule has 44 heavy (non-hydrogen) atoms. The van der Waals surface area contributed by atoms with Crippen molar-refractivity contribution in [3.05, 3.63) is 52.8 Å². The Morgan fingerprint density at radius 3 is 2.32 bits per heavy atom. The number of nitriles is 1. The molecule has 2 aromatic heterocycles. The van der Waals surface area contributed by atoms with Crippen molar-refractivity contribution in [2.45, 2.75) is 78.9 Å². The molecule has 0 spiro atoms. The fourth-order valence-electron chi connectivity index (χ4n) is 6.37. The molecule has 2 aliphatic rings. The molecule has 1 amide bonds. The first-order valence-corrected chi connectivity index (χ1v) is 15.6. The van der Waals surface area contributed by atoms with Crippen molar-refractivity contribution in [2.75, 3.05) is 36.4 Å². The number of benzene rings is 1. The summed E-state index contributed by atoms with van der Waals surface area (Å²) in [5.41, 5.74) is 2.94. The topological polar surface area (TPSA) is 124 Å². The number of hydrogen-bond acceptors (Lipinski definition) is 9. The van der Waals surface area contributed by atoms with Gasteiger partial charge in [-0.15, -0.1) is 5.10 Å². The number of pyridine rings is 1. The second kappa shape index (κ2) is 12.8. The average Bonchev–Trinajstić information content (AvgIpc) is 3.01. The Hall–Kier alpha value is -4.26. The van der Waals surface area contributed by atoms with E-state index < -0.39 is 5.60 Å². The molecule has 3 aromatic rings. The van der Waals surface area contributed by atoms with E-state index in [-0.39, 0.29) is 24.0 Å². The normalized spacial score (nSPS) is 17.3. The number of likely N-dealkylation sites (tertiary alicyclic amines) is 1. The van der Waals surface area contributed by atoms with E-state index in [1.54, 1.807) is 4.90 Å². The molecule has 232 valence electrons. The predicted octanol–water partition coefficient (Wildman–Crippen LogP) is 6.12. The molecule has 2 saturated heterocycles. The highest BCUT2D eigenvalue weighted by Crippen LogP contribution is 2.33. The van der Waals surface area contributed by atoms with Gasteiger partial charge in [-0.3, -0.25) is 4.79 Å². The van der Waals surface area contributed by atoms with E-state index in [0.717, 1.165) is 59.3 Å². The molecule has 5 rings (SSSR count). The highest BCUT2D eigenvalue weighted by molar-refractivity contribution is 5.94. The van der Waals surface area contributed by atoms with Gasteiger partial charge in [0.2, 0.25) is 0 Å². The largest absolute Gasteiger partial charge is 0.444 e. The Balaban J connectivity index is 1.23. The van der Waals surface area contributed by atoms with Crippen molar-refractivity contribution in [1.29, 1.82) is 5.26 Å². The summed E-state index contributed by atoms with van der Waals surface area (Å²) >= 11 is 0. The van der Waals surface area contributed by atoms with Gasteiger partial charge in [0.15, 0.2) is 5.82 Å². The van der Waals surface area contributed by atoms with Crippen molar-refractivity contribution in [3.8, 4) is 6.07 Å². The highest BCUT2D eigenvalue weighted by Gasteiger charge is 2.34. The summed E-state index contributed by atoms with van der Waals surface area (Å²) in [5, 5.41) is 23.7. The lowest BCUT2D eigenvalue weighted by Gasteiger charge is -2.36. The molecule has 1 aromatic carbocycles. The summed E-state index contributed by atoms with van der Waals surface area (Å²) < 4.78 is 5.50. The molecule has 0 unspecified atom stereocenters. The number of ether oxygens (including phenoxy) is 1. The molecule has 1 atom stereocenters. The monoisotopic (exact) mass is 597 g/mol. The molecule has 0 radical (unpaired) electrons. The molecule has 2 fully saturated rings. The fraction of sp³-hybridized carbons (Fsp3) is 0.529. The number of anilines is 2. The number of amides is 1. The number of hydrogen-bond donors (Lipinski definition) is 1. The highest BCUT2D eigenvalue weighted by atomic mass is 16.6. The van der Waals surface area contributed by atoms with Gasteiger partial charge < -0.3 is 19.9 Å². The van der Waals surface area contributed by atoms with E-state index in [2.05, 4.69) is 39.5 Å². The molecule has 0 saturated carbocycles. The van der Waals surface area contributed by atoms with Gasteiger partial charge >= 0.3 is 6.09 Å². The molecule has 10 heteroatoms. The van der Waals surface area contributed by atoms with Crippen LogP contribution in [-0.4, -0.2) is 63.7 Å². The first-order chi connectivity index (χ1) is 20.9. The van der Waals surface area contributed by atoms with Gasteiger partial charge in [0, 0.05) is 55.0 Å². The smallest absolute Gasteiger partial charge is 0.410 e. The van der Waals surface area contributed by atoms with Crippen LogP contribution in [0.4, 0.5) is 16.4 Å². The molecule has 1 N–H and O–H groups in total. The second-order valence-corrected chi connectivity index (χ2v) is 13.1. The number of aromatic nitrogens is 3. The Morgan fingerprint density at radius 1 is 1.02 bits per heavy atom. The zero-order valence-corrected chi connectivity index (χ0v) is 26.7. The Kier molecular flexibility index (Phi) is 9.05. The Bertz CT molecular complexity index is 1580. The zero-order chi connectivity index (χ0) is 31.6. The van der Waals surface area contributed by atoms with Crippen LogP contribution in [0.15, 0.2) is 30.5 Å². The van der Waals surface area contributed by atoms with Crippen molar-refractivity contribution < 1.29 is 14.3 Å². The first kappa shape index (κ1) is 31.2. The minimum Gasteiger partial charge on any atom is -0.444 e. The van der Waals surface area contributed by atoms with Crippen LogP contribution in [0.2, 0.25) is 0 Å². The fourth-order valence-corrected chi connectivity index (χ4v) is 6.37. The number of rotatable bonds is 6. The number of Topliss-reactive ketones (excluding diaryl/α,β-unsaturated/α-hetero) is 1. The van der Waals surface area contributed by atoms with E-state index in [0.29, 0.717) is 43.1 Å². The van der Waals surface area contributed by atoms with Crippen molar-refractivity contribution >= 4 is 34.3 Å². The number of carbonyl (C=O) groups excluding carboxylic acids is 2. The van der Waals surface area contributed by atoms with Gasteiger partial charge in [-0.1, -0.05) is 12.1 Å². The van der Waals surface area contributed by atoms with Crippen LogP contribution in [0.25, 0.3) is 10.8 Å². The van der Waals surface area contributed by atoms with Crippen molar-refractivity contribution in [3.63, 3.8) is 0 Å². The summed E-state index contributed by atoms with van der Waals surface area (Å²) in [4.78, 5) is 34.6. The van der Waals surface area contributed by atoms with E-state index in [1.165, 1.54) is 0 Å². The van der Waals surface area contributed by atoms with Gasteiger partial charge in [-0.2, -0.15) is 10.4 Å². The summed E-state index contributed by atoms with van der Waals surface area (Å²) in [6, 6.07) is 10.0. The number of ketones is 1. The van der Waals surface area contributed by atoms with E-state index in [4.69, 9.17) is 9.72 Å². The van der Waals surface area contributed by atoms with Gasteiger partial charge in [0.1, 0.15) is 17.2 Å². The van der Waals surface area contributed by atoms with Crippen LogP contribution in [0, 0.1) is 37.0 Å². The third kappa shape index (κ3) is 6.77. The molecular formula is C34H43N7O3. The summed E-state index contributed by atoms with van der Waals surface area (Å²) in [5.74, 6) is 1.90. The van der Waals surface area contributed by atoms with Crippen LogP contribution in [0.3, 0.4) is 0 Å². The quantitative estimate of drug-likeness (QED) is 0.358. The molecule has 0 bridgehead atoms. The maximum atomic E-state index is 13.4. The second-order valence-electron chi connectivity index (χ2n) is 13.1. The van der Waals surface area contributed by atoms with Crippen LogP contribution < -0.4 is 10.2 Å². The zero-order valence-electron chi connectivity index (χ0n) is 26.7. The van der Waals surface area contributed by atoms with Crippen LogP contribution >= 0.6 is 0 Å². The van der Waals surface area contributed by atoms with Gasteiger partial charge in [0.25, 0.3) is 0 Å². The third-order valence-corrected chi connectivity index (χ3v) is 8.92. The minimum atomic E-state index is -0.523. The van der Waals surface area contributed by atoms with E-state index >= 15 is 0 Å². The lowest BCUT2D eigenvalue weighted by atomic mass is 9.81. The van der Waals surface area contributed by atoms with Gasteiger partial charge in [-0.25, -0.2) is 9.78 Å². The number of fused-ring (bicyclic) bond motifs is 1. The van der Waals surface area contributed by atoms with Crippen LogP contribution in [0.5, 0.6) is 0 Å². The lowest BCUT2D eigenvalue weighted by molar-refractivity contribution is -0.128. The summed E-state index contributed by atoms with van der Waals surface area (Å²) in [7, 11) is 0. The van der Waals surface area contributed by atoms with Crippen LogP contribution in [-0.2, 0) is 9.53 Å². The van der Waals surface area contributed by atoms with Gasteiger partial charge in [0.05, 0.1) is 23.4 Å². The number of carbonyl (C=O) groups is 2. The number of nitrogens with zero attached hydrogens (tertiary/aromatic N) is 6. The third-order valence-electron chi connectivity index (χ3n) is 8.92. The first-order valence-electron chi connectivity index (χ1n) is 15.6.